The van der Waals surface area contributed by atoms with E-state index in [1.807, 2.05) is 85.2 Å². The number of rotatable bonds is 7. The van der Waals surface area contributed by atoms with Crippen LogP contribution in [0, 0.1) is 0 Å². The maximum atomic E-state index is 13.1. The third kappa shape index (κ3) is 5.45. The smallest absolute Gasteiger partial charge is 0.255 e. The molecular weight excluding hydrogens is 484 g/mol. The number of fused-ring (bicyclic) bond motifs is 1. The molecule has 3 heterocycles. The summed E-state index contributed by atoms with van der Waals surface area (Å²) in [5.74, 6) is 1.51. The Kier molecular flexibility index (Phi) is 7.40. The van der Waals surface area contributed by atoms with Crippen molar-refractivity contribution in [1.82, 2.24) is 19.2 Å². The predicted octanol–water partition coefficient (Wildman–Crippen LogP) is 6.16. The van der Waals surface area contributed by atoms with E-state index in [1.54, 1.807) is 10.6 Å². The second kappa shape index (κ2) is 11.0. The van der Waals surface area contributed by atoms with Gasteiger partial charge in [0.05, 0.1) is 18.3 Å². The zero-order valence-corrected chi connectivity index (χ0v) is 21.3. The van der Waals surface area contributed by atoms with E-state index in [1.165, 1.54) is 25.9 Å². The molecule has 0 spiro atoms. The number of hydrogen-bond acceptors (Lipinski definition) is 4. The summed E-state index contributed by atoms with van der Waals surface area (Å²) >= 11 is 0. The first-order valence-corrected chi connectivity index (χ1v) is 12.5. The number of benzene rings is 3. The van der Waals surface area contributed by atoms with Gasteiger partial charge in [0.15, 0.2) is 0 Å². The molecule has 1 aliphatic heterocycles. The van der Waals surface area contributed by atoms with Crippen LogP contribution in [-0.2, 0) is 6.54 Å². The second-order valence-electron chi connectivity index (χ2n) is 9.23. The Hall–Kier alpha value is -3.87. The molecule has 5 aromatic rings. The van der Waals surface area contributed by atoms with Crippen molar-refractivity contribution in [1.29, 1.82) is 0 Å². The SMILES string of the molecule is Cl.O=c1cc(-c2cccc(Oc3ccccc3)c2)ccn1-c1ccc2c(cnn2CCN2CCCC2)c1. The number of pyridine rings is 1. The first-order valence-electron chi connectivity index (χ1n) is 12.5. The third-order valence-electron chi connectivity index (χ3n) is 6.80. The molecule has 2 aromatic heterocycles. The van der Waals surface area contributed by atoms with Crippen molar-refractivity contribution in [3.63, 3.8) is 0 Å². The largest absolute Gasteiger partial charge is 0.457 e. The fraction of sp³-hybridized carbons (Fsp3) is 0.200. The number of likely N-dealkylation sites (tertiary alicyclic amines) is 1. The maximum Gasteiger partial charge on any atom is 0.255 e. The van der Waals surface area contributed by atoms with Crippen LogP contribution in [0.1, 0.15) is 12.8 Å². The van der Waals surface area contributed by atoms with E-state index in [0.29, 0.717) is 0 Å². The predicted molar refractivity (Wildman–Crippen MR) is 150 cm³/mol. The van der Waals surface area contributed by atoms with Crippen LogP contribution in [-0.4, -0.2) is 38.9 Å². The lowest BCUT2D eigenvalue weighted by Crippen LogP contribution is -2.24. The minimum Gasteiger partial charge on any atom is -0.457 e. The highest BCUT2D eigenvalue weighted by atomic mass is 35.5. The van der Waals surface area contributed by atoms with Gasteiger partial charge >= 0.3 is 0 Å². The molecule has 7 heteroatoms. The Labute approximate surface area is 222 Å². The molecule has 3 aromatic carbocycles. The lowest BCUT2D eigenvalue weighted by atomic mass is 10.1. The summed E-state index contributed by atoms with van der Waals surface area (Å²) < 4.78 is 9.70. The number of nitrogens with zero attached hydrogens (tertiary/aromatic N) is 4. The van der Waals surface area contributed by atoms with Crippen LogP contribution in [0.25, 0.3) is 27.7 Å². The first-order chi connectivity index (χ1) is 17.7. The van der Waals surface area contributed by atoms with Crippen molar-refractivity contribution in [2.75, 3.05) is 19.6 Å². The van der Waals surface area contributed by atoms with Crippen LogP contribution in [0.15, 0.2) is 102 Å². The number of halogens is 1. The molecule has 1 saturated heterocycles. The Morgan fingerprint density at radius 2 is 1.57 bits per heavy atom. The zero-order valence-electron chi connectivity index (χ0n) is 20.5. The molecule has 0 amide bonds. The summed E-state index contributed by atoms with van der Waals surface area (Å²) in [6.45, 7) is 4.28. The summed E-state index contributed by atoms with van der Waals surface area (Å²) in [6, 6.07) is 27.2. The summed E-state index contributed by atoms with van der Waals surface area (Å²) in [5, 5.41) is 5.63. The molecule has 0 unspecified atom stereocenters. The van der Waals surface area contributed by atoms with Gasteiger partial charge in [-0.25, -0.2) is 0 Å². The molecule has 0 aliphatic carbocycles. The lowest BCUT2D eigenvalue weighted by Gasteiger charge is -2.14. The highest BCUT2D eigenvalue weighted by Gasteiger charge is 2.13. The van der Waals surface area contributed by atoms with E-state index in [-0.39, 0.29) is 18.0 Å². The van der Waals surface area contributed by atoms with E-state index >= 15 is 0 Å². The van der Waals surface area contributed by atoms with Crippen molar-refractivity contribution in [3.8, 4) is 28.3 Å². The average Bonchev–Trinajstić information content (AvgIpc) is 3.58. The molecular formula is C30H29ClN4O2. The fourth-order valence-electron chi connectivity index (χ4n) is 4.88. The Bertz CT molecular complexity index is 1560. The van der Waals surface area contributed by atoms with Gasteiger partial charge in [-0.05, 0) is 85.6 Å². The molecule has 0 radical (unpaired) electrons. The molecule has 0 atom stereocenters. The number of aromatic nitrogens is 3. The summed E-state index contributed by atoms with van der Waals surface area (Å²) in [6.07, 6.45) is 6.31. The summed E-state index contributed by atoms with van der Waals surface area (Å²) in [7, 11) is 0. The van der Waals surface area contributed by atoms with Gasteiger partial charge in [0, 0.05) is 29.9 Å². The van der Waals surface area contributed by atoms with E-state index in [4.69, 9.17) is 4.74 Å². The molecule has 188 valence electrons. The van der Waals surface area contributed by atoms with Crippen LogP contribution in [0.4, 0.5) is 0 Å². The Morgan fingerprint density at radius 3 is 2.38 bits per heavy atom. The molecule has 6 nitrogen and oxygen atoms in total. The highest BCUT2D eigenvalue weighted by Crippen LogP contribution is 2.27. The molecule has 37 heavy (non-hydrogen) atoms. The molecule has 0 bridgehead atoms. The number of ether oxygens (including phenoxy) is 1. The standard InChI is InChI=1S/C30H28N4O2.ClH/c35-30-21-24(23-7-6-10-28(20-23)36-27-8-2-1-3-9-27)13-16-33(30)26-11-12-29-25(19-26)22-31-34(29)18-17-32-14-4-5-15-32;/h1-3,6-13,16,19-22H,4-5,14-15,17-18H2;1H. The van der Waals surface area contributed by atoms with Gasteiger partial charge in [-0.3, -0.25) is 14.0 Å². The van der Waals surface area contributed by atoms with E-state index in [9.17, 15) is 4.79 Å². The highest BCUT2D eigenvalue weighted by molar-refractivity contribution is 5.85. The first kappa shape index (κ1) is 24.8. The van der Waals surface area contributed by atoms with Crippen molar-refractivity contribution in [2.45, 2.75) is 19.4 Å². The monoisotopic (exact) mass is 512 g/mol. The third-order valence-corrected chi connectivity index (χ3v) is 6.80. The zero-order chi connectivity index (χ0) is 24.3. The van der Waals surface area contributed by atoms with E-state index in [2.05, 4.69) is 20.7 Å². The van der Waals surface area contributed by atoms with Gasteiger partial charge in [-0.2, -0.15) is 5.10 Å². The van der Waals surface area contributed by atoms with Gasteiger partial charge in [0.2, 0.25) is 0 Å². The molecule has 1 fully saturated rings. The van der Waals surface area contributed by atoms with Crippen LogP contribution >= 0.6 is 12.4 Å². The summed E-state index contributed by atoms with van der Waals surface area (Å²) in [4.78, 5) is 15.6. The van der Waals surface area contributed by atoms with Crippen LogP contribution in [0.3, 0.4) is 0 Å². The fourth-order valence-corrected chi connectivity index (χ4v) is 4.88. The van der Waals surface area contributed by atoms with Crippen molar-refractivity contribution >= 4 is 23.3 Å². The lowest BCUT2D eigenvalue weighted by molar-refractivity contribution is 0.318. The van der Waals surface area contributed by atoms with Gasteiger partial charge in [-0.15, -0.1) is 12.4 Å². The van der Waals surface area contributed by atoms with Crippen LogP contribution < -0.4 is 10.3 Å². The van der Waals surface area contributed by atoms with E-state index < -0.39 is 0 Å². The van der Waals surface area contributed by atoms with Crippen molar-refractivity contribution < 1.29 is 4.74 Å². The molecule has 0 N–H and O–H groups in total. The average molecular weight is 513 g/mol. The van der Waals surface area contributed by atoms with Crippen LogP contribution in [0.5, 0.6) is 11.5 Å². The van der Waals surface area contributed by atoms with Gasteiger partial charge in [0.25, 0.3) is 5.56 Å². The molecule has 6 rings (SSSR count). The minimum atomic E-state index is -0.0809. The van der Waals surface area contributed by atoms with Crippen molar-refractivity contribution in [2.24, 2.45) is 0 Å². The molecule has 1 aliphatic rings. The topological polar surface area (TPSA) is 52.3 Å². The normalized spacial score (nSPS) is 13.5. The quantitative estimate of drug-likeness (QED) is 0.262. The van der Waals surface area contributed by atoms with Gasteiger partial charge in [-0.1, -0.05) is 30.3 Å². The Morgan fingerprint density at radius 1 is 0.784 bits per heavy atom. The number of hydrogen-bond donors (Lipinski definition) is 0. The van der Waals surface area contributed by atoms with Crippen LogP contribution in [0.2, 0.25) is 0 Å². The van der Waals surface area contributed by atoms with E-state index in [0.717, 1.165) is 52.3 Å². The minimum absolute atomic E-state index is 0. The second-order valence-corrected chi connectivity index (χ2v) is 9.23. The summed E-state index contributed by atoms with van der Waals surface area (Å²) in [5.41, 5.74) is 3.63. The van der Waals surface area contributed by atoms with Crippen molar-refractivity contribution in [3.05, 3.63) is 108 Å². The van der Waals surface area contributed by atoms with Gasteiger partial charge < -0.3 is 9.64 Å². The maximum absolute atomic E-state index is 13.1. The number of para-hydroxylation sites is 1. The Balaban J connectivity index is 0.00000280. The molecule has 0 saturated carbocycles. The van der Waals surface area contributed by atoms with Gasteiger partial charge in [0.1, 0.15) is 11.5 Å².